The van der Waals surface area contributed by atoms with Crippen LogP contribution in [0, 0.1) is 5.41 Å². The summed E-state index contributed by atoms with van der Waals surface area (Å²) < 4.78 is 11.2. The summed E-state index contributed by atoms with van der Waals surface area (Å²) in [6.45, 7) is 13.7. The fourth-order valence-corrected chi connectivity index (χ4v) is 3.36. The van der Waals surface area contributed by atoms with E-state index in [2.05, 4.69) is 0 Å². The number of furan rings is 1. The quantitative estimate of drug-likeness (QED) is 0.707. The summed E-state index contributed by atoms with van der Waals surface area (Å²) in [5.74, 6) is 0.655. The molecule has 158 valence electrons. The summed E-state index contributed by atoms with van der Waals surface area (Å²) in [6, 6.07) is 3.68. The van der Waals surface area contributed by atoms with E-state index in [-0.39, 0.29) is 29.9 Å². The molecule has 0 N–H and O–H groups in total. The first kappa shape index (κ1) is 22.5. The molecule has 28 heavy (non-hydrogen) atoms. The Morgan fingerprint density at radius 3 is 2.36 bits per heavy atom. The van der Waals surface area contributed by atoms with Crippen molar-refractivity contribution in [1.82, 2.24) is 9.80 Å². The molecule has 1 aromatic rings. The Bertz CT molecular complexity index is 634. The zero-order valence-corrected chi connectivity index (χ0v) is 18.3. The lowest BCUT2D eigenvalue weighted by atomic mass is 9.90. The van der Waals surface area contributed by atoms with Crippen LogP contribution in [0.25, 0.3) is 0 Å². The third kappa shape index (κ3) is 6.97. The molecule has 1 aromatic heterocycles. The Balaban J connectivity index is 2.13. The van der Waals surface area contributed by atoms with E-state index in [4.69, 9.17) is 9.15 Å². The van der Waals surface area contributed by atoms with Gasteiger partial charge < -0.3 is 19.0 Å². The zero-order chi connectivity index (χ0) is 20.9. The van der Waals surface area contributed by atoms with E-state index in [0.717, 1.165) is 25.2 Å². The van der Waals surface area contributed by atoms with Gasteiger partial charge in [0.05, 0.1) is 18.9 Å². The second kappa shape index (κ2) is 9.12. The first-order chi connectivity index (χ1) is 13.0. The second-order valence-electron chi connectivity index (χ2n) is 9.88. The molecule has 0 bridgehead atoms. The van der Waals surface area contributed by atoms with Gasteiger partial charge in [0.2, 0.25) is 11.8 Å². The third-order valence-corrected chi connectivity index (χ3v) is 4.81. The number of carbonyl (C=O) groups excluding carboxylic acids is 2. The maximum absolute atomic E-state index is 13.2. The van der Waals surface area contributed by atoms with E-state index in [9.17, 15) is 9.59 Å². The van der Waals surface area contributed by atoms with Crippen LogP contribution < -0.4 is 0 Å². The average Bonchev–Trinajstić information content (AvgIpc) is 3.22. The average molecular weight is 393 g/mol. The van der Waals surface area contributed by atoms with Gasteiger partial charge in [-0.15, -0.1) is 0 Å². The molecule has 0 radical (unpaired) electrons. The highest BCUT2D eigenvalue weighted by Crippen LogP contribution is 2.24. The van der Waals surface area contributed by atoms with Crippen LogP contribution in [0.5, 0.6) is 0 Å². The first-order valence-corrected chi connectivity index (χ1v) is 10.2. The Kier molecular flexibility index (Phi) is 7.32. The summed E-state index contributed by atoms with van der Waals surface area (Å²) in [6.07, 6.45) is 4.03. The SMILES string of the molecule is CC(C)(C)CC(=O)N(CC(=O)N(Cc1ccco1)C[C@@H]1CCCO1)C(C)(C)C. The number of nitrogens with zero attached hydrogens (tertiary/aromatic N) is 2. The topological polar surface area (TPSA) is 63.0 Å². The zero-order valence-electron chi connectivity index (χ0n) is 18.3. The van der Waals surface area contributed by atoms with Gasteiger partial charge in [-0.2, -0.15) is 0 Å². The highest BCUT2D eigenvalue weighted by molar-refractivity contribution is 5.85. The normalized spacial score (nSPS) is 17.6. The van der Waals surface area contributed by atoms with Crippen molar-refractivity contribution >= 4 is 11.8 Å². The number of ether oxygens (including phenoxy) is 1. The van der Waals surface area contributed by atoms with E-state index >= 15 is 0 Å². The van der Waals surface area contributed by atoms with Crippen molar-refractivity contribution in [2.75, 3.05) is 19.7 Å². The molecule has 0 aromatic carbocycles. The smallest absolute Gasteiger partial charge is 0.242 e. The monoisotopic (exact) mass is 392 g/mol. The predicted octanol–water partition coefficient (Wildman–Crippen LogP) is 3.85. The van der Waals surface area contributed by atoms with Gasteiger partial charge >= 0.3 is 0 Å². The Hall–Kier alpha value is -1.82. The van der Waals surface area contributed by atoms with Gasteiger partial charge in [-0.1, -0.05) is 20.8 Å². The molecule has 1 fully saturated rings. The molecule has 6 heteroatoms. The molecule has 0 aliphatic carbocycles. The van der Waals surface area contributed by atoms with Crippen LogP contribution in [0.15, 0.2) is 22.8 Å². The van der Waals surface area contributed by atoms with Crippen LogP contribution >= 0.6 is 0 Å². The van der Waals surface area contributed by atoms with Gasteiger partial charge in [0, 0.05) is 25.1 Å². The molecule has 0 saturated carbocycles. The number of hydrogen-bond acceptors (Lipinski definition) is 4. The summed E-state index contributed by atoms with van der Waals surface area (Å²) in [5.41, 5.74) is -0.562. The molecule has 1 aliphatic rings. The summed E-state index contributed by atoms with van der Waals surface area (Å²) in [4.78, 5) is 29.6. The molecule has 2 amide bonds. The van der Waals surface area contributed by atoms with Crippen molar-refractivity contribution < 1.29 is 18.7 Å². The minimum Gasteiger partial charge on any atom is -0.467 e. The summed E-state index contributed by atoms with van der Waals surface area (Å²) in [5, 5.41) is 0. The molecular formula is C22H36N2O4. The van der Waals surface area contributed by atoms with Crippen LogP contribution in [0.2, 0.25) is 0 Å². The molecule has 6 nitrogen and oxygen atoms in total. The van der Waals surface area contributed by atoms with Crippen LogP contribution in [0.1, 0.15) is 66.6 Å². The van der Waals surface area contributed by atoms with Gasteiger partial charge in [-0.25, -0.2) is 0 Å². The first-order valence-electron chi connectivity index (χ1n) is 10.2. The van der Waals surface area contributed by atoms with Crippen molar-refractivity contribution in [3.8, 4) is 0 Å². The largest absolute Gasteiger partial charge is 0.467 e. The number of amides is 2. The number of rotatable bonds is 7. The van der Waals surface area contributed by atoms with Crippen LogP contribution in [-0.4, -0.2) is 53.0 Å². The van der Waals surface area contributed by atoms with Gasteiger partial charge in [-0.3, -0.25) is 9.59 Å². The molecular weight excluding hydrogens is 356 g/mol. The van der Waals surface area contributed by atoms with E-state index in [1.807, 2.05) is 53.7 Å². The molecule has 1 aliphatic heterocycles. The summed E-state index contributed by atoms with van der Waals surface area (Å²) >= 11 is 0. The van der Waals surface area contributed by atoms with Crippen molar-refractivity contribution in [1.29, 1.82) is 0 Å². The lowest BCUT2D eigenvalue weighted by Crippen LogP contribution is -2.52. The maximum Gasteiger partial charge on any atom is 0.242 e. The molecule has 0 spiro atoms. The fourth-order valence-electron chi connectivity index (χ4n) is 3.36. The lowest BCUT2D eigenvalue weighted by molar-refractivity contribution is -0.147. The highest BCUT2D eigenvalue weighted by atomic mass is 16.5. The molecule has 2 rings (SSSR count). The van der Waals surface area contributed by atoms with Gasteiger partial charge in [0.1, 0.15) is 12.3 Å². The van der Waals surface area contributed by atoms with Gasteiger partial charge in [0.15, 0.2) is 0 Å². The van der Waals surface area contributed by atoms with E-state index in [1.54, 1.807) is 16.1 Å². The van der Waals surface area contributed by atoms with Crippen LogP contribution in [-0.2, 0) is 20.9 Å². The Morgan fingerprint density at radius 2 is 1.86 bits per heavy atom. The molecule has 1 saturated heterocycles. The highest BCUT2D eigenvalue weighted by Gasteiger charge is 2.33. The number of hydrogen-bond donors (Lipinski definition) is 0. The van der Waals surface area contributed by atoms with Gasteiger partial charge in [0.25, 0.3) is 0 Å². The predicted molar refractivity (Wildman–Crippen MR) is 109 cm³/mol. The van der Waals surface area contributed by atoms with E-state index in [0.29, 0.717) is 19.5 Å². The van der Waals surface area contributed by atoms with Gasteiger partial charge in [-0.05, 0) is 51.2 Å². The standard InChI is InChI=1S/C22H36N2O4/c1-21(2,3)13-19(25)24(22(4,5)6)16-20(26)23(14-17-9-7-11-27-17)15-18-10-8-12-28-18/h7,9,11,18H,8,10,12-16H2,1-6H3/t18-/m0/s1. The van der Waals surface area contributed by atoms with Crippen molar-refractivity contribution in [3.63, 3.8) is 0 Å². The Morgan fingerprint density at radius 1 is 1.14 bits per heavy atom. The van der Waals surface area contributed by atoms with Crippen LogP contribution in [0.4, 0.5) is 0 Å². The molecule has 1 atom stereocenters. The molecule has 0 unspecified atom stereocenters. The third-order valence-electron chi connectivity index (χ3n) is 4.81. The molecule has 2 heterocycles. The Labute approximate surface area is 169 Å². The minimum absolute atomic E-state index is 0.00316. The fraction of sp³-hybridized carbons (Fsp3) is 0.727. The van der Waals surface area contributed by atoms with E-state index < -0.39 is 5.54 Å². The second-order valence-corrected chi connectivity index (χ2v) is 9.88. The van der Waals surface area contributed by atoms with Crippen LogP contribution in [0.3, 0.4) is 0 Å². The lowest BCUT2D eigenvalue weighted by Gasteiger charge is -2.38. The van der Waals surface area contributed by atoms with Crippen molar-refractivity contribution in [2.45, 2.75) is 79.0 Å². The number of carbonyl (C=O) groups is 2. The summed E-state index contributed by atoms with van der Waals surface area (Å²) in [7, 11) is 0. The van der Waals surface area contributed by atoms with E-state index in [1.165, 1.54) is 0 Å². The van der Waals surface area contributed by atoms with Crippen molar-refractivity contribution in [3.05, 3.63) is 24.2 Å². The maximum atomic E-state index is 13.2. The minimum atomic E-state index is -0.432. The van der Waals surface area contributed by atoms with Crippen molar-refractivity contribution in [2.24, 2.45) is 5.41 Å².